The average molecular weight is 332 g/mol. The van der Waals surface area contributed by atoms with E-state index in [1.165, 1.54) is 44.1 Å². The van der Waals surface area contributed by atoms with Crippen LogP contribution in [0, 0.1) is 17.3 Å². The number of benzene rings is 1. The molecule has 2 N–H and O–H groups in total. The van der Waals surface area contributed by atoms with Crippen LogP contribution < -0.4 is 5.32 Å². The monoisotopic (exact) mass is 331 g/mol. The predicted molar refractivity (Wildman–Crippen MR) is 103 cm³/mol. The van der Waals surface area contributed by atoms with E-state index >= 15 is 0 Å². The minimum absolute atomic E-state index is 0.283. The number of hydrogen-bond acceptors (Lipinski definition) is 2. The average Bonchev–Trinajstić information content (AvgIpc) is 2.58. The van der Waals surface area contributed by atoms with Gasteiger partial charge in [0.1, 0.15) is 0 Å². The lowest BCUT2D eigenvalue weighted by Gasteiger charge is -2.30. The van der Waals surface area contributed by atoms with Crippen molar-refractivity contribution in [1.29, 1.82) is 0 Å². The summed E-state index contributed by atoms with van der Waals surface area (Å²) in [6, 6.07) is 11.1. The van der Waals surface area contributed by atoms with Crippen LogP contribution >= 0.6 is 0 Å². The van der Waals surface area contributed by atoms with Crippen LogP contribution in [0.2, 0.25) is 0 Å². The molecule has 0 heterocycles. The fraction of sp³-hybridized carbons (Fsp3) is 0.727. The molecule has 0 spiro atoms. The van der Waals surface area contributed by atoms with Crippen molar-refractivity contribution in [1.82, 2.24) is 5.32 Å². The zero-order valence-corrected chi connectivity index (χ0v) is 15.9. The number of hydrogen-bond donors (Lipinski definition) is 2. The third kappa shape index (κ3) is 6.94. The fourth-order valence-electron chi connectivity index (χ4n) is 4.03. The maximum Gasteiger partial charge on any atom is 0.0471 e. The summed E-state index contributed by atoms with van der Waals surface area (Å²) in [6.45, 7) is 8.13. The molecule has 1 aliphatic carbocycles. The standard InChI is InChI=1S/C22H37NO/c1-22(2,3)15-21(20-12-8-5-9-13-20)23-16-19(17-24)14-18-10-6-4-7-11-18/h5,8-9,12-13,18-19,21,23-24H,4,6-7,10-11,14-17H2,1-3H3. The number of rotatable bonds is 8. The van der Waals surface area contributed by atoms with Crippen LogP contribution in [0.4, 0.5) is 0 Å². The molecule has 0 aliphatic heterocycles. The first-order valence-corrected chi connectivity index (χ1v) is 9.87. The SMILES string of the molecule is CC(C)(C)CC(NCC(CO)CC1CCCCC1)c1ccccc1. The molecule has 0 radical (unpaired) electrons. The van der Waals surface area contributed by atoms with Gasteiger partial charge < -0.3 is 10.4 Å². The lowest BCUT2D eigenvalue weighted by molar-refractivity contribution is 0.175. The molecule has 1 fully saturated rings. The van der Waals surface area contributed by atoms with Gasteiger partial charge in [-0.2, -0.15) is 0 Å². The van der Waals surface area contributed by atoms with E-state index < -0.39 is 0 Å². The summed E-state index contributed by atoms with van der Waals surface area (Å²) >= 11 is 0. The van der Waals surface area contributed by atoms with E-state index in [1.54, 1.807) is 0 Å². The fourth-order valence-corrected chi connectivity index (χ4v) is 4.03. The molecule has 136 valence electrons. The van der Waals surface area contributed by atoms with Gasteiger partial charge in [-0.1, -0.05) is 83.2 Å². The molecular formula is C22H37NO. The van der Waals surface area contributed by atoms with Crippen molar-refractivity contribution in [3.63, 3.8) is 0 Å². The molecule has 2 atom stereocenters. The van der Waals surface area contributed by atoms with Crippen molar-refractivity contribution in [2.24, 2.45) is 17.3 Å². The van der Waals surface area contributed by atoms with Crippen LogP contribution in [0.15, 0.2) is 30.3 Å². The minimum Gasteiger partial charge on any atom is -0.396 e. The van der Waals surface area contributed by atoms with Gasteiger partial charge in [-0.15, -0.1) is 0 Å². The summed E-state index contributed by atoms with van der Waals surface area (Å²) in [7, 11) is 0. The second-order valence-electron chi connectivity index (χ2n) is 8.92. The molecule has 24 heavy (non-hydrogen) atoms. The smallest absolute Gasteiger partial charge is 0.0471 e. The van der Waals surface area contributed by atoms with Crippen molar-refractivity contribution in [3.05, 3.63) is 35.9 Å². The van der Waals surface area contributed by atoms with Crippen LogP contribution in [-0.4, -0.2) is 18.3 Å². The van der Waals surface area contributed by atoms with Gasteiger partial charge in [0.05, 0.1) is 0 Å². The van der Waals surface area contributed by atoms with Crippen molar-refractivity contribution in [2.45, 2.75) is 71.8 Å². The Morgan fingerprint density at radius 1 is 1.08 bits per heavy atom. The Morgan fingerprint density at radius 3 is 2.33 bits per heavy atom. The van der Waals surface area contributed by atoms with E-state index in [0.717, 1.165) is 18.9 Å². The Kier molecular flexibility index (Phi) is 7.77. The van der Waals surface area contributed by atoms with Gasteiger partial charge in [0.2, 0.25) is 0 Å². The third-order valence-electron chi connectivity index (χ3n) is 5.32. The van der Waals surface area contributed by atoms with Crippen LogP contribution in [-0.2, 0) is 0 Å². The summed E-state index contributed by atoms with van der Waals surface area (Å²) in [5.41, 5.74) is 1.65. The second kappa shape index (κ2) is 9.58. The summed E-state index contributed by atoms with van der Waals surface area (Å²) < 4.78 is 0. The molecule has 1 aromatic rings. The quantitative estimate of drug-likeness (QED) is 0.674. The molecule has 0 bridgehead atoms. The molecule has 2 nitrogen and oxygen atoms in total. The van der Waals surface area contributed by atoms with Gasteiger partial charge >= 0.3 is 0 Å². The third-order valence-corrected chi connectivity index (χ3v) is 5.32. The zero-order valence-electron chi connectivity index (χ0n) is 15.9. The van der Waals surface area contributed by atoms with Gasteiger partial charge in [-0.25, -0.2) is 0 Å². The van der Waals surface area contributed by atoms with Gasteiger partial charge in [-0.3, -0.25) is 0 Å². The Balaban J connectivity index is 1.92. The maximum atomic E-state index is 9.83. The highest BCUT2D eigenvalue weighted by atomic mass is 16.3. The first-order valence-electron chi connectivity index (χ1n) is 9.87. The molecular weight excluding hydrogens is 294 g/mol. The molecule has 2 rings (SSSR count). The first kappa shape index (κ1) is 19.5. The van der Waals surface area contributed by atoms with Crippen molar-refractivity contribution < 1.29 is 5.11 Å². The Morgan fingerprint density at radius 2 is 1.75 bits per heavy atom. The molecule has 0 amide bonds. The normalized spacial score (nSPS) is 19.2. The Hall–Kier alpha value is -0.860. The highest BCUT2D eigenvalue weighted by Crippen LogP contribution is 2.31. The Bertz CT molecular complexity index is 445. The second-order valence-corrected chi connectivity index (χ2v) is 8.92. The van der Waals surface area contributed by atoms with E-state index in [9.17, 15) is 5.11 Å². The van der Waals surface area contributed by atoms with Gasteiger partial charge in [-0.05, 0) is 35.7 Å². The molecule has 1 aliphatic rings. The number of nitrogens with one attached hydrogen (secondary N) is 1. The summed E-state index contributed by atoms with van der Waals surface area (Å²) in [4.78, 5) is 0. The Labute approximate surface area is 149 Å². The van der Waals surface area contributed by atoms with E-state index in [4.69, 9.17) is 0 Å². The molecule has 0 aromatic heterocycles. The predicted octanol–water partition coefficient (Wildman–Crippen LogP) is 5.33. The van der Waals surface area contributed by atoms with Crippen LogP contribution in [0.5, 0.6) is 0 Å². The lowest BCUT2D eigenvalue weighted by Crippen LogP contribution is -2.32. The highest BCUT2D eigenvalue weighted by Gasteiger charge is 2.23. The highest BCUT2D eigenvalue weighted by molar-refractivity contribution is 5.19. The molecule has 0 saturated heterocycles. The molecule has 1 aromatic carbocycles. The van der Waals surface area contributed by atoms with Gasteiger partial charge in [0.25, 0.3) is 0 Å². The molecule has 2 unspecified atom stereocenters. The molecule has 2 heteroatoms. The van der Waals surface area contributed by atoms with E-state index in [-0.39, 0.29) is 5.41 Å². The maximum absolute atomic E-state index is 9.83. The largest absolute Gasteiger partial charge is 0.396 e. The number of aliphatic hydroxyl groups excluding tert-OH is 1. The molecule has 1 saturated carbocycles. The topological polar surface area (TPSA) is 32.3 Å². The summed E-state index contributed by atoms with van der Waals surface area (Å²) in [5.74, 6) is 1.22. The van der Waals surface area contributed by atoms with E-state index in [2.05, 4.69) is 56.4 Å². The van der Waals surface area contributed by atoms with Crippen LogP contribution in [0.1, 0.15) is 77.3 Å². The van der Waals surface area contributed by atoms with Gasteiger partial charge in [0.15, 0.2) is 0 Å². The van der Waals surface area contributed by atoms with Crippen molar-refractivity contribution >= 4 is 0 Å². The summed E-state index contributed by atoms with van der Waals surface area (Å²) in [5, 5.41) is 13.6. The van der Waals surface area contributed by atoms with Crippen LogP contribution in [0.3, 0.4) is 0 Å². The number of aliphatic hydroxyl groups is 1. The van der Waals surface area contributed by atoms with E-state index in [1.807, 2.05) is 0 Å². The minimum atomic E-state index is 0.283. The van der Waals surface area contributed by atoms with Crippen LogP contribution in [0.25, 0.3) is 0 Å². The first-order chi connectivity index (χ1) is 11.5. The van der Waals surface area contributed by atoms with E-state index in [0.29, 0.717) is 18.6 Å². The zero-order chi connectivity index (χ0) is 17.4. The van der Waals surface area contributed by atoms with Gasteiger partial charge in [0, 0.05) is 19.2 Å². The summed E-state index contributed by atoms with van der Waals surface area (Å²) in [6.07, 6.45) is 9.18. The lowest BCUT2D eigenvalue weighted by atomic mass is 9.82. The van der Waals surface area contributed by atoms with Crippen molar-refractivity contribution in [2.75, 3.05) is 13.2 Å². The van der Waals surface area contributed by atoms with Crippen molar-refractivity contribution in [3.8, 4) is 0 Å².